The standard InChI is InChI=1S/C19H31N5/c1-19(2,3)17-13-15(21-22-17)14-24-11-6-5-7-16(24)8-9-18-20-10-12-23(18)4/h10,12-13,16H,5-9,11,14H2,1-4H3,(H,21,22). The lowest BCUT2D eigenvalue weighted by Crippen LogP contribution is -2.39. The van der Waals surface area contributed by atoms with Gasteiger partial charge in [-0.1, -0.05) is 27.2 Å². The number of likely N-dealkylation sites (tertiary alicyclic amines) is 1. The molecule has 1 saturated heterocycles. The number of H-pyrrole nitrogens is 1. The maximum atomic E-state index is 4.51. The summed E-state index contributed by atoms with van der Waals surface area (Å²) >= 11 is 0. The molecule has 1 aliphatic rings. The summed E-state index contributed by atoms with van der Waals surface area (Å²) in [6.07, 6.45) is 10.1. The summed E-state index contributed by atoms with van der Waals surface area (Å²) in [5, 5.41) is 7.76. The number of rotatable bonds is 5. The van der Waals surface area contributed by atoms with Crippen LogP contribution in [0.15, 0.2) is 18.5 Å². The molecule has 5 nitrogen and oxygen atoms in total. The zero-order valence-corrected chi connectivity index (χ0v) is 15.5. The Kier molecular flexibility index (Phi) is 5.09. The van der Waals surface area contributed by atoms with E-state index in [0.29, 0.717) is 6.04 Å². The van der Waals surface area contributed by atoms with Crippen LogP contribution in [0.1, 0.15) is 63.7 Å². The molecule has 1 aliphatic heterocycles. The highest BCUT2D eigenvalue weighted by Crippen LogP contribution is 2.25. The van der Waals surface area contributed by atoms with Crippen LogP contribution in [0.25, 0.3) is 0 Å². The van der Waals surface area contributed by atoms with Gasteiger partial charge in [-0.15, -0.1) is 0 Å². The second kappa shape index (κ2) is 7.09. The molecule has 1 fully saturated rings. The molecule has 132 valence electrons. The SMILES string of the molecule is Cn1ccnc1CCC1CCCCN1Cc1cc(C(C)(C)C)n[nH]1. The average molecular weight is 329 g/mol. The van der Waals surface area contributed by atoms with E-state index in [1.54, 1.807) is 0 Å². The molecule has 0 spiro atoms. The van der Waals surface area contributed by atoms with Gasteiger partial charge >= 0.3 is 0 Å². The zero-order chi connectivity index (χ0) is 17.2. The minimum atomic E-state index is 0.105. The highest BCUT2D eigenvalue weighted by Gasteiger charge is 2.24. The smallest absolute Gasteiger partial charge is 0.108 e. The second-order valence-corrected chi connectivity index (χ2v) is 8.14. The maximum Gasteiger partial charge on any atom is 0.108 e. The summed E-state index contributed by atoms with van der Waals surface area (Å²) in [7, 11) is 2.08. The van der Waals surface area contributed by atoms with Crippen molar-refractivity contribution in [2.24, 2.45) is 7.05 Å². The number of nitrogens with zero attached hydrogens (tertiary/aromatic N) is 4. The first kappa shape index (κ1) is 17.2. The maximum absolute atomic E-state index is 4.51. The van der Waals surface area contributed by atoms with Gasteiger partial charge in [0.2, 0.25) is 0 Å². The Morgan fingerprint density at radius 2 is 2.12 bits per heavy atom. The molecule has 1 unspecified atom stereocenters. The van der Waals surface area contributed by atoms with Gasteiger partial charge in [0.05, 0.1) is 5.69 Å². The number of nitrogens with one attached hydrogen (secondary N) is 1. The number of hydrogen-bond donors (Lipinski definition) is 1. The minimum Gasteiger partial charge on any atom is -0.338 e. The molecule has 3 rings (SSSR count). The van der Waals surface area contributed by atoms with Crippen molar-refractivity contribution in [2.75, 3.05) is 6.54 Å². The van der Waals surface area contributed by atoms with Crippen molar-refractivity contribution >= 4 is 0 Å². The predicted octanol–water partition coefficient (Wildman–Crippen LogP) is 3.43. The van der Waals surface area contributed by atoms with E-state index in [9.17, 15) is 0 Å². The molecule has 1 N–H and O–H groups in total. The lowest BCUT2D eigenvalue weighted by Gasteiger charge is -2.35. The van der Waals surface area contributed by atoms with Crippen LogP contribution in [0.4, 0.5) is 0 Å². The highest BCUT2D eigenvalue weighted by atomic mass is 15.2. The Morgan fingerprint density at radius 1 is 1.29 bits per heavy atom. The summed E-state index contributed by atoms with van der Waals surface area (Å²) in [6.45, 7) is 8.81. The number of aromatic nitrogens is 4. The van der Waals surface area contributed by atoms with Crippen LogP contribution in [0, 0.1) is 0 Å². The molecule has 3 heterocycles. The summed E-state index contributed by atoms with van der Waals surface area (Å²) in [5.74, 6) is 1.19. The molecule has 0 bridgehead atoms. The van der Waals surface area contributed by atoms with E-state index in [2.05, 4.69) is 58.5 Å². The van der Waals surface area contributed by atoms with Crippen molar-refractivity contribution in [2.45, 2.75) is 70.9 Å². The summed E-state index contributed by atoms with van der Waals surface area (Å²) in [6, 6.07) is 2.89. The van der Waals surface area contributed by atoms with Crippen LogP contribution in [0.2, 0.25) is 0 Å². The minimum absolute atomic E-state index is 0.105. The third kappa shape index (κ3) is 4.07. The van der Waals surface area contributed by atoms with Crippen molar-refractivity contribution in [3.63, 3.8) is 0 Å². The van der Waals surface area contributed by atoms with Gasteiger partial charge in [0.15, 0.2) is 0 Å². The monoisotopic (exact) mass is 329 g/mol. The van der Waals surface area contributed by atoms with Crippen molar-refractivity contribution in [3.8, 4) is 0 Å². The van der Waals surface area contributed by atoms with Gasteiger partial charge in [0.25, 0.3) is 0 Å². The molecular formula is C19H31N5. The average Bonchev–Trinajstić information content (AvgIpc) is 3.15. The Bertz CT molecular complexity index is 649. The fourth-order valence-corrected chi connectivity index (χ4v) is 3.57. The van der Waals surface area contributed by atoms with Crippen molar-refractivity contribution in [1.29, 1.82) is 0 Å². The fraction of sp³-hybridized carbons (Fsp3) is 0.684. The molecule has 1 atom stereocenters. The number of piperidine rings is 1. The van der Waals surface area contributed by atoms with Gasteiger partial charge in [0.1, 0.15) is 5.82 Å². The molecule has 0 amide bonds. The molecule has 0 radical (unpaired) electrons. The van der Waals surface area contributed by atoms with Crippen LogP contribution in [0.5, 0.6) is 0 Å². The van der Waals surface area contributed by atoms with Gasteiger partial charge in [-0.2, -0.15) is 5.10 Å². The van der Waals surface area contributed by atoms with Gasteiger partial charge in [-0.3, -0.25) is 10.00 Å². The fourth-order valence-electron chi connectivity index (χ4n) is 3.57. The zero-order valence-electron chi connectivity index (χ0n) is 15.5. The largest absolute Gasteiger partial charge is 0.338 e. The third-order valence-corrected chi connectivity index (χ3v) is 5.14. The van der Waals surface area contributed by atoms with Crippen molar-refractivity contribution < 1.29 is 0 Å². The second-order valence-electron chi connectivity index (χ2n) is 8.14. The number of aryl methyl sites for hydroxylation is 2. The van der Waals surface area contributed by atoms with Crippen molar-refractivity contribution in [1.82, 2.24) is 24.6 Å². The summed E-state index contributed by atoms with van der Waals surface area (Å²) in [4.78, 5) is 7.10. The van der Waals surface area contributed by atoms with E-state index in [0.717, 1.165) is 18.7 Å². The van der Waals surface area contributed by atoms with Crippen LogP contribution < -0.4 is 0 Å². The molecule has 2 aromatic rings. The molecule has 0 aliphatic carbocycles. The van der Waals surface area contributed by atoms with E-state index >= 15 is 0 Å². The molecule has 0 aromatic carbocycles. The summed E-state index contributed by atoms with van der Waals surface area (Å²) in [5.41, 5.74) is 2.50. The number of aromatic amines is 1. The molecule has 0 saturated carbocycles. The predicted molar refractivity (Wildman–Crippen MR) is 96.9 cm³/mol. The van der Waals surface area contributed by atoms with E-state index in [4.69, 9.17) is 0 Å². The Hall–Kier alpha value is -1.62. The number of hydrogen-bond acceptors (Lipinski definition) is 3. The van der Waals surface area contributed by atoms with Crippen LogP contribution in [-0.2, 0) is 25.4 Å². The first-order valence-corrected chi connectivity index (χ1v) is 9.18. The lowest BCUT2D eigenvalue weighted by molar-refractivity contribution is 0.130. The van der Waals surface area contributed by atoms with E-state index in [-0.39, 0.29) is 5.41 Å². The van der Waals surface area contributed by atoms with Crippen LogP contribution in [0.3, 0.4) is 0 Å². The normalized spacial score (nSPS) is 19.8. The molecular weight excluding hydrogens is 298 g/mol. The van der Waals surface area contributed by atoms with Crippen LogP contribution in [-0.4, -0.2) is 37.2 Å². The lowest BCUT2D eigenvalue weighted by atomic mass is 9.92. The molecule has 24 heavy (non-hydrogen) atoms. The topological polar surface area (TPSA) is 49.7 Å². The van der Waals surface area contributed by atoms with E-state index in [1.165, 1.54) is 43.7 Å². The van der Waals surface area contributed by atoms with E-state index in [1.807, 2.05) is 12.4 Å². The van der Waals surface area contributed by atoms with Crippen molar-refractivity contribution in [3.05, 3.63) is 35.7 Å². The third-order valence-electron chi connectivity index (χ3n) is 5.14. The Labute approximate surface area is 145 Å². The van der Waals surface area contributed by atoms with Crippen LogP contribution >= 0.6 is 0 Å². The Balaban J connectivity index is 1.62. The first-order chi connectivity index (χ1) is 11.4. The first-order valence-electron chi connectivity index (χ1n) is 9.18. The Morgan fingerprint density at radius 3 is 2.79 bits per heavy atom. The summed E-state index contributed by atoms with van der Waals surface area (Å²) < 4.78 is 2.14. The van der Waals surface area contributed by atoms with E-state index < -0.39 is 0 Å². The van der Waals surface area contributed by atoms with Gasteiger partial charge in [0, 0.05) is 49.6 Å². The molecule has 5 heteroatoms. The quantitative estimate of drug-likeness (QED) is 0.914. The van der Waals surface area contributed by atoms with Gasteiger partial charge < -0.3 is 4.57 Å². The number of imidazole rings is 1. The molecule has 2 aromatic heterocycles. The van der Waals surface area contributed by atoms with Gasteiger partial charge in [-0.25, -0.2) is 4.98 Å². The van der Waals surface area contributed by atoms with Gasteiger partial charge in [-0.05, 0) is 31.9 Å². The highest BCUT2D eigenvalue weighted by molar-refractivity contribution is 5.16.